The SMILES string of the molecule is CC/C=C\C/C=C\C/C=C\C/C=C\CCC(=O)OCC1OC(OC2CCC3(C)C(=CCC4C3CCC3(C)C(C(C)/C=C/C(C)C(C)C)CCC43)C2)C(O)C(O)C1O. The van der Waals surface area contributed by atoms with Crippen LogP contribution in [-0.4, -0.2) is 64.7 Å². The summed E-state index contributed by atoms with van der Waals surface area (Å²) in [6.07, 6.45) is 31.5. The molecule has 57 heavy (non-hydrogen) atoms. The van der Waals surface area contributed by atoms with Crippen LogP contribution in [0.3, 0.4) is 0 Å². The van der Waals surface area contributed by atoms with Crippen LogP contribution >= 0.6 is 0 Å². The minimum absolute atomic E-state index is 0.147. The van der Waals surface area contributed by atoms with E-state index in [-0.39, 0.29) is 24.5 Å². The van der Waals surface area contributed by atoms with Crippen molar-refractivity contribution in [2.45, 2.75) is 175 Å². The first-order chi connectivity index (χ1) is 27.3. The normalized spacial score (nSPS) is 38.3. The lowest BCUT2D eigenvalue weighted by atomic mass is 9.47. The van der Waals surface area contributed by atoms with Gasteiger partial charge in [-0.1, -0.05) is 121 Å². The van der Waals surface area contributed by atoms with Gasteiger partial charge in [0.1, 0.15) is 31.0 Å². The number of rotatable bonds is 18. The number of allylic oxidation sites excluding steroid dienone is 11. The number of esters is 1. The van der Waals surface area contributed by atoms with E-state index in [1.807, 2.05) is 12.2 Å². The van der Waals surface area contributed by atoms with Gasteiger partial charge in [0, 0.05) is 6.42 Å². The lowest BCUT2D eigenvalue weighted by Crippen LogP contribution is -2.60. The molecule has 0 aromatic carbocycles. The Morgan fingerprint density at radius 3 is 2.21 bits per heavy atom. The fourth-order valence-corrected chi connectivity index (χ4v) is 11.3. The van der Waals surface area contributed by atoms with Gasteiger partial charge in [-0.25, -0.2) is 0 Å². The zero-order valence-corrected chi connectivity index (χ0v) is 36.4. The van der Waals surface area contributed by atoms with Crippen LogP contribution in [0.1, 0.15) is 138 Å². The molecule has 0 spiro atoms. The molecule has 4 aliphatic carbocycles. The van der Waals surface area contributed by atoms with Crippen molar-refractivity contribution in [3.8, 4) is 0 Å². The number of ether oxygens (including phenoxy) is 3. The first-order valence-corrected chi connectivity index (χ1v) is 22.8. The van der Waals surface area contributed by atoms with Crippen molar-refractivity contribution < 1.29 is 34.3 Å². The molecule has 3 N–H and O–H groups in total. The van der Waals surface area contributed by atoms with Crippen LogP contribution in [0.15, 0.2) is 72.4 Å². The predicted molar refractivity (Wildman–Crippen MR) is 230 cm³/mol. The lowest BCUT2D eigenvalue weighted by Gasteiger charge is -2.58. The number of hydrogen-bond donors (Lipinski definition) is 3. The number of aliphatic hydroxyl groups excluding tert-OH is 3. The van der Waals surface area contributed by atoms with E-state index in [0.29, 0.717) is 35.5 Å². The summed E-state index contributed by atoms with van der Waals surface area (Å²) >= 11 is 0. The largest absolute Gasteiger partial charge is 0.463 e. The standard InChI is InChI=1S/C50H78O7/c1-8-9-10-11-12-13-14-15-16-17-18-19-20-21-44(51)55-33-43-45(52)46(53)47(54)48(57-43)56-38-28-30-49(6)37(32-38)24-25-39-41-27-26-40(50(41,7)31-29-42(39)49)36(5)23-22-35(4)34(2)3/h9-10,12-13,15-16,18-19,22-24,34-36,38-43,45-48,52-54H,8,11,14,17,20-21,25-33H2,1-7H3/b10-9-,13-12-,16-15-,19-18-,23-22+. The van der Waals surface area contributed by atoms with Crippen LogP contribution in [0.25, 0.3) is 0 Å². The second kappa shape index (κ2) is 21.3. The molecule has 14 atom stereocenters. The lowest BCUT2D eigenvalue weighted by molar-refractivity contribution is -0.313. The maximum Gasteiger partial charge on any atom is 0.306 e. The Hall–Kier alpha value is -2.29. The summed E-state index contributed by atoms with van der Waals surface area (Å²) in [4.78, 5) is 12.5. The number of carbonyl (C=O) groups is 1. The van der Waals surface area contributed by atoms with Crippen LogP contribution in [0.4, 0.5) is 0 Å². The first-order valence-electron chi connectivity index (χ1n) is 22.8. The number of carbonyl (C=O) groups excluding carboxylic acids is 1. The summed E-state index contributed by atoms with van der Waals surface area (Å²) in [6, 6.07) is 0. The molecule has 7 heteroatoms. The van der Waals surface area contributed by atoms with Crippen LogP contribution < -0.4 is 0 Å². The van der Waals surface area contributed by atoms with E-state index in [1.165, 1.54) is 31.3 Å². The van der Waals surface area contributed by atoms with Gasteiger partial charge in [-0.05, 0) is 136 Å². The van der Waals surface area contributed by atoms with Gasteiger partial charge in [0.15, 0.2) is 6.29 Å². The molecule has 0 aromatic rings. The maximum absolute atomic E-state index is 12.5. The van der Waals surface area contributed by atoms with E-state index in [4.69, 9.17) is 14.2 Å². The molecule has 5 aliphatic rings. The third-order valence-corrected chi connectivity index (χ3v) is 15.2. The van der Waals surface area contributed by atoms with E-state index in [2.05, 4.69) is 103 Å². The molecule has 14 unspecified atom stereocenters. The molecule has 1 saturated heterocycles. The summed E-state index contributed by atoms with van der Waals surface area (Å²) in [7, 11) is 0. The Morgan fingerprint density at radius 2 is 1.53 bits per heavy atom. The Morgan fingerprint density at radius 1 is 0.842 bits per heavy atom. The summed E-state index contributed by atoms with van der Waals surface area (Å²) in [5.74, 6) is 4.42. The van der Waals surface area contributed by atoms with Crippen LogP contribution in [0.2, 0.25) is 0 Å². The molecule has 0 aromatic heterocycles. The highest BCUT2D eigenvalue weighted by molar-refractivity contribution is 5.69. The van der Waals surface area contributed by atoms with E-state index in [9.17, 15) is 20.1 Å². The van der Waals surface area contributed by atoms with Gasteiger partial charge in [-0.15, -0.1) is 0 Å². The second-order valence-corrected chi connectivity index (χ2v) is 19.1. The predicted octanol–water partition coefficient (Wildman–Crippen LogP) is 10.4. The second-order valence-electron chi connectivity index (χ2n) is 19.1. The number of fused-ring (bicyclic) bond motifs is 5. The fourth-order valence-electron chi connectivity index (χ4n) is 11.3. The van der Waals surface area contributed by atoms with Gasteiger partial charge in [0.25, 0.3) is 0 Å². The minimum atomic E-state index is -1.47. The van der Waals surface area contributed by atoms with Gasteiger partial charge in [0.05, 0.1) is 6.10 Å². The van der Waals surface area contributed by atoms with Crippen LogP contribution in [0, 0.1) is 52.3 Å². The zero-order chi connectivity index (χ0) is 41.2. The van der Waals surface area contributed by atoms with Crippen molar-refractivity contribution in [3.05, 3.63) is 72.4 Å². The maximum atomic E-state index is 12.5. The summed E-state index contributed by atoms with van der Waals surface area (Å²) in [6.45, 7) is 16.5. The fraction of sp³-hybridized carbons (Fsp3) is 0.740. The van der Waals surface area contributed by atoms with Gasteiger partial charge in [0.2, 0.25) is 0 Å². The van der Waals surface area contributed by atoms with Gasteiger partial charge in [-0.3, -0.25) is 4.79 Å². The van der Waals surface area contributed by atoms with E-state index >= 15 is 0 Å². The smallest absolute Gasteiger partial charge is 0.306 e. The van der Waals surface area contributed by atoms with E-state index in [0.717, 1.165) is 69.1 Å². The quantitative estimate of drug-likeness (QED) is 0.0938. The third kappa shape index (κ3) is 11.3. The van der Waals surface area contributed by atoms with E-state index < -0.39 is 36.7 Å². The van der Waals surface area contributed by atoms with Crippen molar-refractivity contribution in [1.29, 1.82) is 0 Å². The molecule has 0 bridgehead atoms. The molecule has 0 amide bonds. The highest BCUT2D eigenvalue weighted by atomic mass is 16.7. The van der Waals surface area contributed by atoms with Crippen molar-refractivity contribution in [3.63, 3.8) is 0 Å². The molecule has 320 valence electrons. The molecule has 1 heterocycles. The van der Waals surface area contributed by atoms with Crippen molar-refractivity contribution in [1.82, 2.24) is 0 Å². The van der Waals surface area contributed by atoms with Gasteiger partial charge in [-0.2, -0.15) is 0 Å². The van der Waals surface area contributed by atoms with E-state index in [1.54, 1.807) is 0 Å². The first kappa shape index (κ1) is 45.8. The van der Waals surface area contributed by atoms with Crippen LogP contribution in [0.5, 0.6) is 0 Å². The highest BCUT2D eigenvalue weighted by Gasteiger charge is 2.59. The molecular formula is C50H78O7. The van der Waals surface area contributed by atoms with Crippen molar-refractivity contribution >= 4 is 5.97 Å². The Labute approximate surface area is 345 Å². The minimum Gasteiger partial charge on any atom is -0.463 e. The number of hydrogen-bond acceptors (Lipinski definition) is 7. The summed E-state index contributed by atoms with van der Waals surface area (Å²) in [5, 5.41) is 32.4. The summed E-state index contributed by atoms with van der Waals surface area (Å²) in [5.41, 5.74) is 2.02. The monoisotopic (exact) mass is 791 g/mol. The Balaban J connectivity index is 1.08. The zero-order valence-electron chi connectivity index (χ0n) is 36.4. The average molecular weight is 791 g/mol. The highest BCUT2D eigenvalue weighted by Crippen LogP contribution is 2.67. The number of aliphatic hydroxyl groups is 3. The van der Waals surface area contributed by atoms with Gasteiger partial charge < -0.3 is 29.5 Å². The summed E-state index contributed by atoms with van der Waals surface area (Å²) < 4.78 is 17.9. The van der Waals surface area contributed by atoms with Gasteiger partial charge >= 0.3 is 5.97 Å². The molecule has 0 radical (unpaired) electrons. The molecule has 1 aliphatic heterocycles. The molecular weight excluding hydrogens is 713 g/mol. The molecule has 5 rings (SSSR count). The van der Waals surface area contributed by atoms with Crippen LogP contribution in [-0.2, 0) is 19.0 Å². The third-order valence-electron chi connectivity index (χ3n) is 15.2. The Bertz CT molecular complexity index is 1460. The molecule has 4 fully saturated rings. The molecule has 3 saturated carbocycles. The molecule has 7 nitrogen and oxygen atoms in total. The topological polar surface area (TPSA) is 105 Å². The Kier molecular flexibility index (Phi) is 17.1. The van der Waals surface area contributed by atoms with Crippen molar-refractivity contribution in [2.75, 3.05) is 6.61 Å². The van der Waals surface area contributed by atoms with Crippen molar-refractivity contribution in [2.24, 2.45) is 52.3 Å². The average Bonchev–Trinajstić information content (AvgIpc) is 3.55.